The number of nitrogens with zero attached hydrogens (tertiary/aromatic N) is 2. The van der Waals surface area contributed by atoms with Gasteiger partial charge in [0.2, 0.25) is 0 Å². The Morgan fingerprint density at radius 2 is 1.68 bits per heavy atom. The van der Waals surface area contributed by atoms with Crippen LogP contribution in [0.1, 0.15) is 16.5 Å². The van der Waals surface area contributed by atoms with Gasteiger partial charge >= 0.3 is 0 Å². The fourth-order valence-corrected chi connectivity index (χ4v) is 3.28. The lowest BCUT2D eigenvalue weighted by Gasteiger charge is -2.19. The monoisotopic (exact) mass is 355 g/mol. The molecular weight excluding hydrogens is 342 g/mol. The summed E-state index contributed by atoms with van der Waals surface area (Å²) >= 11 is 1.53. The summed E-state index contributed by atoms with van der Waals surface area (Å²) in [6.07, 6.45) is 0. The minimum Gasteiger partial charge on any atom is -0.368 e. The molecule has 1 N–H and O–H groups in total. The van der Waals surface area contributed by atoms with E-state index in [4.69, 9.17) is 0 Å². The zero-order chi connectivity index (χ0) is 17.8. The Kier molecular flexibility index (Phi) is 4.71. The molecule has 0 saturated carbocycles. The van der Waals surface area contributed by atoms with Crippen LogP contribution in [0.15, 0.2) is 66.0 Å². The topological polar surface area (TPSA) is 98.3 Å². The zero-order valence-corrected chi connectivity index (χ0v) is 13.7. The first-order valence-corrected chi connectivity index (χ1v) is 8.22. The summed E-state index contributed by atoms with van der Waals surface area (Å²) in [4.78, 5) is 21.9. The van der Waals surface area contributed by atoms with E-state index < -0.39 is 9.85 Å². The summed E-state index contributed by atoms with van der Waals surface area (Å²) in [5, 5.41) is 27.3. The van der Waals surface area contributed by atoms with Gasteiger partial charge in [0.15, 0.2) is 0 Å². The molecule has 0 saturated heterocycles. The number of benzene rings is 2. The van der Waals surface area contributed by atoms with E-state index in [0.29, 0.717) is 0 Å². The van der Waals surface area contributed by atoms with E-state index >= 15 is 0 Å². The number of nitro groups is 2. The highest BCUT2D eigenvalue weighted by molar-refractivity contribution is 7.10. The van der Waals surface area contributed by atoms with Crippen LogP contribution in [0.4, 0.5) is 17.1 Å². The van der Waals surface area contributed by atoms with Crippen LogP contribution >= 0.6 is 11.3 Å². The number of anilines is 1. The number of hydrogen-bond donors (Lipinski definition) is 1. The third-order valence-electron chi connectivity index (χ3n) is 3.65. The summed E-state index contributed by atoms with van der Waals surface area (Å²) in [7, 11) is 0. The van der Waals surface area contributed by atoms with Crippen molar-refractivity contribution in [1.29, 1.82) is 0 Å². The molecule has 1 unspecified atom stereocenters. The molecule has 0 spiro atoms. The molecular formula is C17H13N3O4S. The van der Waals surface area contributed by atoms with Crippen LogP contribution in [0.25, 0.3) is 0 Å². The number of non-ortho nitro benzene ring substituents is 1. The predicted octanol–water partition coefficient (Wildman–Crippen LogP) is 4.77. The summed E-state index contributed by atoms with van der Waals surface area (Å²) in [6, 6.07) is 16.7. The molecule has 0 aliphatic heterocycles. The summed E-state index contributed by atoms with van der Waals surface area (Å²) in [5.41, 5.74) is 0.534. The van der Waals surface area contributed by atoms with E-state index in [0.717, 1.165) is 16.5 Å². The fraction of sp³-hybridized carbons (Fsp3) is 0.0588. The molecule has 3 rings (SSSR count). The molecule has 126 valence electrons. The van der Waals surface area contributed by atoms with Gasteiger partial charge in [-0.2, -0.15) is 0 Å². The second-order valence-corrected chi connectivity index (χ2v) is 6.20. The van der Waals surface area contributed by atoms with Gasteiger partial charge in [-0.25, -0.2) is 0 Å². The third kappa shape index (κ3) is 3.64. The van der Waals surface area contributed by atoms with E-state index in [1.54, 1.807) is 0 Å². The maximum Gasteiger partial charge on any atom is 0.299 e. The Bertz CT molecular complexity index is 898. The van der Waals surface area contributed by atoms with E-state index in [2.05, 4.69) is 5.32 Å². The van der Waals surface area contributed by atoms with Crippen LogP contribution in [0.5, 0.6) is 0 Å². The molecule has 0 bridgehead atoms. The van der Waals surface area contributed by atoms with Crippen molar-refractivity contribution in [1.82, 2.24) is 0 Å². The quantitative estimate of drug-likeness (QED) is 0.507. The van der Waals surface area contributed by atoms with Crippen LogP contribution in [0, 0.1) is 20.2 Å². The molecule has 0 amide bonds. The molecule has 1 aromatic heterocycles. The molecule has 0 aliphatic rings. The number of hydrogen-bond acceptors (Lipinski definition) is 6. The van der Waals surface area contributed by atoms with Gasteiger partial charge < -0.3 is 5.32 Å². The van der Waals surface area contributed by atoms with Crippen molar-refractivity contribution in [2.24, 2.45) is 0 Å². The van der Waals surface area contributed by atoms with Crippen LogP contribution in [-0.2, 0) is 0 Å². The minimum atomic E-state index is -0.648. The largest absolute Gasteiger partial charge is 0.368 e. The first-order chi connectivity index (χ1) is 12.1. The lowest BCUT2D eigenvalue weighted by Crippen LogP contribution is -2.12. The predicted molar refractivity (Wildman–Crippen MR) is 96.0 cm³/mol. The average molecular weight is 355 g/mol. The van der Waals surface area contributed by atoms with Crippen molar-refractivity contribution in [3.63, 3.8) is 0 Å². The smallest absolute Gasteiger partial charge is 0.299 e. The molecule has 1 atom stereocenters. The van der Waals surface area contributed by atoms with Crippen molar-refractivity contribution < 1.29 is 9.85 Å². The second kappa shape index (κ2) is 7.10. The van der Waals surface area contributed by atoms with Gasteiger partial charge in [0, 0.05) is 10.9 Å². The van der Waals surface area contributed by atoms with Crippen LogP contribution in [0.3, 0.4) is 0 Å². The molecule has 25 heavy (non-hydrogen) atoms. The van der Waals surface area contributed by atoms with Crippen molar-refractivity contribution in [3.8, 4) is 0 Å². The Hall–Kier alpha value is -3.26. The van der Waals surface area contributed by atoms with Gasteiger partial charge in [0.25, 0.3) is 11.4 Å². The van der Waals surface area contributed by atoms with Crippen LogP contribution in [-0.4, -0.2) is 9.85 Å². The van der Waals surface area contributed by atoms with E-state index in [9.17, 15) is 20.2 Å². The van der Waals surface area contributed by atoms with Crippen molar-refractivity contribution in [2.45, 2.75) is 6.04 Å². The minimum absolute atomic E-state index is 0.234. The lowest BCUT2D eigenvalue weighted by atomic mass is 10.0. The Balaban J connectivity index is 2.03. The van der Waals surface area contributed by atoms with Gasteiger partial charge in [0.1, 0.15) is 5.69 Å². The molecule has 1 heterocycles. The Morgan fingerprint density at radius 3 is 2.28 bits per heavy atom. The molecule has 3 aromatic rings. The number of nitro benzene ring substituents is 2. The maximum atomic E-state index is 11.3. The molecule has 7 nitrogen and oxygen atoms in total. The van der Waals surface area contributed by atoms with E-state index in [1.807, 2.05) is 47.8 Å². The highest BCUT2D eigenvalue weighted by Crippen LogP contribution is 2.35. The summed E-state index contributed by atoms with van der Waals surface area (Å²) < 4.78 is 0. The van der Waals surface area contributed by atoms with Crippen LogP contribution < -0.4 is 5.32 Å². The van der Waals surface area contributed by atoms with Crippen molar-refractivity contribution in [2.75, 3.05) is 5.32 Å². The van der Waals surface area contributed by atoms with E-state index in [-0.39, 0.29) is 23.1 Å². The molecule has 0 radical (unpaired) electrons. The van der Waals surface area contributed by atoms with Gasteiger partial charge in [-0.15, -0.1) is 11.3 Å². The SMILES string of the molecule is O=[N+]([O-])c1ccc(NC(c2ccccc2)c2cccs2)c([N+](=O)[O-])c1. The molecule has 2 aromatic carbocycles. The summed E-state index contributed by atoms with van der Waals surface area (Å²) in [5.74, 6) is 0. The summed E-state index contributed by atoms with van der Waals surface area (Å²) in [6.45, 7) is 0. The average Bonchev–Trinajstić information content (AvgIpc) is 3.14. The second-order valence-electron chi connectivity index (χ2n) is 5.22. The number of rotatable bonds is 6. The molecule has 8 heteroatoms. The maximum absolute atomic E-state index is 11.3. The highest BCUT2D eigenvalue weighted by atomic mass is 32.1. The van der Waals surface area contributed by atoms with Crippen molar-refractivity contribution in [3.05, 3.63) is 96.7 Å². The Labute approximate surface area is 146 Å². The highest BCUT2D eigenvalue weighted by Gasteiger charge is 2.23. The molecule has 0 fully saturated rings. The molecule has 0 aliphatic carbocycles. The van der Waals surface area contributed by atoms with Gasteiger partial charge in [-0.05, 0) is 23.1 Å². The van der Waals surface area contributed by atoms with E-state index in [1.165, 1.54) is 23.5 Å². The normalized spacial score (nSPS) is 11.7. The fourth-order valence-electron chi connectivity index (χ4n) is 2.48. The zero-order valence-electron chi connectivity index (χ0n) is 12.9. The van der Waals surface area contributed by atoms with Crippen molar-refractivity contribution >= 4 is 28.4 Å². The first kappa shape index (κ1) is 16.6. The van der Waals surface area contributed by atoms with Gasteiger partial charge in [-0.1, -0.05) is 36.4 Å². The lowest BCUT2D eigenvalue weighted by molar-refractivity contribution is -0.393. The van der Waals surface area contributed by atoms with Crippen LogP contribution in [0.2, 0.25) is 0 Å². The number of nitrogens with one attached hydrogen (secondary N) is 1. The number of thiophene rings is 1. The van der Waals surface area contributed by atoms with Gasteiger partial charge in [0.05, 0.1) is 22.0 Å². The third-order valence-corrected chi connectivity index (χ3v) is 4.59. The first-order valence-electron chi connectivity index (χ1n) is 7.34. The Morgan fingerprint density at radius 1 is 0.920 bits per heavy atom. The standard InChI is InChI=1S/C17H13N3O4S/c21-19(22)13-8-9-14(15(11-13)20(23)24)18-17(16-7-4-10-25-16)12-5-2-1-3-6-12/h1-11,17-18H. The van der Waals surface area contributed by atoms with Gasteiger partial charge in [-0.3, -0.25) is 20.2 Å².